The Morgan fingerprint density at radius 3 is 2.65 bits per heavy atom. The topological polar surface area (TPSA) is 81.4 Å². The Morgan fingerprint density at radius 1 is 1.12 bits per heavy atom. The Kier molecular flexibility index (Phi) is 3.96. The van der Waals surface area contributed by atoms with Crippen molar-refractivity contribution in [3.05, 3.63) is 60.0 Å². The summed E-state index contributed by atoms with van der Waals surface area (Å²) in [4.78, 5) is 17.3. The summed E-state index contributed by atoms with van der Waals surface area (Å²) in [7, 11) is 0. The van der Waals surface area contributed by atoms with E-state index in [0.29, 0.717) is 29.3 Å². The summed E-state index contributed by atoms with van der Waals surface area (Å²) < 4.78 is 7.26. The molecule has 4 rings (SSSR count). The van der Waals surface area contributed by atoms with E-state index in [1.807, 2.05) is 54.6 Å². The van der Waals surface area contributed by atoms with Gasteiger partial charge in [-0.05, 0) is 50.2 Å². The fourth-order valence-electron chi connectivity index (χ4n) is 2.87. The lowest BCUT2D eigenvalue weighted by atomic mass is 10.2. The highest BCUT2D eigenvalue weighted by Gasteiger charge is 2.18. The maximum Gasteiger partial charge on any atom is 0.278 e. The van der Waals surface area contributed by atoms with Gasteiger partial charge in [0.2, 0.25) is 0 Å². The summed E-state index contributed by atoms with van der Waals surface area (Å²) in [5.74, 6) is 1.12. The van der Waals surface area contributed by atoms with Crippen LogP contribution in [0, 0.1) is 6.92 Å². The van der Waals surface area contributed by atoms with Crippen molar-refractivity contribution < 1.29 is 9.53 Å². The zero-order valence-electron chi connectivity index (χ0n) is 14.4. The lowest BCUT2D eigenvalue weighted by molar-refractivity contribution is 0.102. The Bertz CT molecular complexity index is 1100. The molecule has 0 aliphatic heterocycles. The number of aromatic nitrogens is 4. The van der Waals surface area contributed by atoms with E-state index in [1.165, 1.54) is 0 Å². The van der Waals surface area contributed by atoms with Crippen molar-refractivity contribution in [2.45, 2.75) is 13.8 Å². The SMILES string of the molecule is CCOc1ccc(NC(=O)c2nc3ccccc3n3c(C)nnc23)cc1. The molecule has 0 aliphatic rings. The molecule has 1 N–H and O–H groups in total. The quantitative estimate of drug-likeness (QED) is 0.613. The fourth-order valence-corrected chi connectivity index (χ4v) is 2.87. The third-order valence-corrected chi connectivity index (χ3v) is 4.03. The molecule has 7 heteroatoms. The molecule has 1 amide bonds. The highest BCUT2D eigenvalue weighted by Crippen LogP contribution is 2.20. The number of ether oxygens (including phenoxy) is 1. The molecule has 0 spiro atoms. The number of para-hydroxylation sites is 2. The number of nitrogens with zero attached hydrogens (tertiary/aromatic N) is 4. The van der Waals surface area contributed by atoms with Gasteiger partial charge in [-0.25, -0.2) is 4.98 Å². The summed E-state index contributed by atoms with van der Waals surface area (Å²) in [5.41, 5.74) is 2.90. The summed E-state index contributed by atoms with van der Waals surface area (Å²) in [5, 5.41) is 11.1. The van der Waals surface area contributed by atoms with Crippen LogP contribution in [0.3, 0.4) is 0 Å². The van der Waals surface area contributed by atoms with E-state index in [2.05, 4.69) is 20.5 Å². The third-order valence-electron chi connectivity index (χ3n) is 4.03. The van der Waals surface area contributed by atoms with Crippen molar-refractivity contribution in [2.24, 2.45) is 0 Å². The molecule has 0 saturated heterocycles. The number of rotatable bonds is 4. The predicted octanol–water partition coefficient (Wildman–Crippen LogP) is 3.24. The first kappa shape index (κ1) is 16.0. The van der Waals surface area contributed by atoms with E-state index in [-0.39, 0.29) is 11.6 Å². The number of carbonyl (C=O) groups excluding carboxylic acids is 1. The van der Waals surface area contributed by atoms with Crippen LogP contribution >= 0.6 is 0 Å². The number of amides is 1. The van der Waals surface area contributed by atoms with Gasteiger partial charge in [-0.15, -0.1) is 10.2 Å². The standard InChI is InChI=1S/C19H17N5O2/c1-3-26-14-10-8-13(9-11-14)20-19(25)17-18-23-22-12(2)24(18)16-7-5-4-6-15(16)21-17/h4-11H,3H2,1-2H3,(H,20,25). The first-order valence-electron chi connectivity index (χ1n) is 8.32. The van der Waals surface area contributed by atoms with Gasteiger partial charge in [-0.1, -0.05) is 12.1 Å². The van der Waals surface area contributed by atoms with Crippen molar-refractivity contribution in [2.75, 3.05) is 11.9 Å². The predicted molar refractivity (Wildman–Crippen MR) is 98.6 cm³/mol. The van der Waals surface area contributed by atoms with Crippen molar-refractivity contribution in [3.8, 4) is 5.75 Å². The van der Waals surface area contributed by atoms with Gasteiger partial charge < -0.3 is 10.1 Å². The minimum atomic E-state index is -0.336. The summed E-state index contributed by atoms with van der Waals surface area (Å²) in [6, 6.07) is 14.8. The van der Waals surface area contributed by atoms with Gasteiger partial charge in [0, 0.05) is 5.69 Å². The molecule has 2 heterocycles. The van der Waals surface area contributed by atoms with Gasteiger partial charge in [0.05, 0.1) is 17.6 Å². The Labute approximate surface area is 149 Å². The van der Waals surface area contributed by atoms with Gasteiger partial charge in [-0.2, -0.15) is 0 Å². The minimum Gasteiger partial charge on any atom is -0.494 e. The molecule has 2 aromatic carbocycles. The second-order valence-corrected chi connectivity index (χ2v) is 5.77. The summed E-state index contributed by atoms with van der Waals surface area (Å²) >= 11 is 0. The van der Waals surface area contributed by atoms with Crippen LogP contribution in [0.15, 0.2) is 48.5 Å². The van der Waals surface area contributed by atoms with Gasteiger partial charge in [0.15, 0.2) is 11.3 Å². The zero-order chi connectivity index (χ0) is 18.1. The van der Waals surface area contributed by atoms with Gasteiger partial charge in [-0.3, -0.25) is 9.20 Å². The number of benzene rings is 2. The molecule has 0 fully saturated rings. The highest BCUT2D eigenvalue weighted by molar-refractivity contribution is 6.08. The van der Waals surface area contributed by atoms with E-state index in [9.17, 15) is 4.79 Å². The van der Waals surface area contributed by atoms with Crippen LogP contribution in [-0.4, -0.2) is 32.1 Å². The molecule has 0 atom stereocenters. The van der Waals surface area contributed by atoms with E-state index in [4.69, 9.17) is 4.74 Å². The smallest absolute Gasteiger partial charge is 0.278 e. The Hall–Kier alpha value is -3.48. The first-order valence-corrected chi connectivity index (χ1v) is 8.32. The normalized spacial score (nSPS) is 11.0. The second kappa shape index (κ2) is 6.44. The second-order valence-electron chi connectivity index (χ2n) is 5.77. The number of aryl methyl sites for hydroxylation is 1. The Morgan fingerprint density at radius 2 is 1.88 bits per heavy atom. The van der Waals surface area contributed by atoms with E-state index in [1.54, 1.807) is 12.1 Å². The number of hydrogen-bond acceptors (Lipinski definition) is 5. The molecule has 7 nitrogen and oxygen atoms in total. The number of hydrogen-bond donors (Lipinski definition) is 1. The monoisotopic (exact) mass is 347 g/mol. The van der Waals surface area contributed by atoms with Crippen LogP contribution < -0.4 is 10.1 Å². The van der Waals surface area contributed by atoms with Gasteiger partial charge in [0.25, 0.3) is 5.91 Å². The molecule has 0 radical (unpaired) electrons. The minimum absolute atomic E-state index is 0.234. The molecule has 2 aromatic heterocycles. The average molecular weight is 347 g/mol. The maximum atomic E-state index is 12.8. The highest BCUT2D eigenvalue weighted by atomic mass is 16.5. The summed E-state index contributed by atoms with van der Waals surface area (Å²) in [6.07, 6.45) is 0. The molecule has 4 aromatic rings. The number of fused-ring (bicyclic) bond motifs is 3. The van der Waals surface area contributed by atoms with E-state index < -0.39 is 0 Å². The van der Waals surface area contributed by atoms with Crippen molar-refractivity contribution in [1.29, 1.82) is 0 Å². The maximum absolute atomic E-state index is 12.8. The average Bonchev–Trinajstić information content (AvgIpc) is 3.05. The molecule has 26 heavy (non-hydrogen) atoms. The van der Waals surface area contributed by atoms with E-state index in [0.717, 1.165) is 11.3 Å². The van der Waals surface area contributed by atoms with Crippen LogP contribution in [0.1, 0.15) is 23.2 Å². The Balaban J connectivity index is 1.74. The zero-order valence-corrected chi connectivity index (χ0v) is 14.4. The van der Waals surface area contributed by atoms with Crippen molar-refractivity contribution in [1.82, 2.24) is 19.6 Å². The van der Waals surface area contributed by atoms with Crippen LogP contribution in [0.25, 0.3) is 16.7 Å². The number of carbonyl (C=O) groups is 1. The first-order chi connectivity index (χ1) is 12.7. The molecular weight excluding hydrogens is 330 g/mol. The molecule has 0 aliphatic carbocycles. The number of anilines is 1. The molecule has 0 unspecified atom stereocenters. The molecule has 0 saturated carbocycles. The van der Waals surface area contributed by atoms with Crippen LogP contribution in [0.2, 0.25) is 0 Å². The van der Waals surface area contributed by atoms with E-state index >= 15 is 0 Å². The fraction of sp³-hybridized carbons (Fsp3) is 0.158. The van der Waals surface area contributed by atoms with Crippen LogP contribution in [0.5, 0.6) is 5.75 Å². The lowest BCUT2D eigenvalue weighted by Gasteiger charge is -2.09. The van der Waals surface area contributed by atoms with Gasteiger partial charge in [0.1, 0.15) is 11.6 Å². The van der Waals surface area contributed by atoms with Crippen LogP contribution in [-0.2, 0) is 0 Å². The number of nitrogens with one attached hydrogen (secondary N) is 1. The lowest BCUT2D eigenvalue weighted by Crippen LogP contribution is -2.16. The van der Waals surface area contributed by atoms with Gasteiger partial charge >= 0.3 is 0 Å². The largest absolute Gasteiger partial charge is 0.494 e. The van der Waals surface area contributed by atoms with Crippen LogP contribution in [0.4, 0.5) is 5.69 Å². The molecular formula is C19H17N5O2. The van der Waals surface area contributed by atoms with Crippen molar-refractivity contribution in [3.63, 3.8) is 0 Å². The third kappa shape index (κ3) is 2.73. The molecule has 0 bridgehead atoms. The van der Waals surface area contributed by atoms with Crippen molar-refractivity contribution >= 4 is 28.3 Å². The summed E-state index contributed by atoms with van der Waals surface area (Å²) in [6.45, 7) is 4.37. The molecule has 130 valence electrons.